The molecule has 0 saturated carbocycles. The van der Waals surface area contributed by atoms with E-state index in [1.165, 1.54) is 11.3 Å². The summed E-state index contributed by atoms with van der Waals surface area (Å²) in [5.41, 5.74) is 0.984. The number of aliphatic hydroxyl groups is 1. The number of nitrogens with zero attached hydrogens (tertiary/aromatic N) is 1. The molecule has 5 unspecified atom stereocenters. The van der Waals surface area contributed by atoms with Gasteiger partial charge in [-0.2, -0.15) is 0 Å². The normalized spacial score (nSPS) is 31.6. The van der Waals surface area contributed by atoms with Crippen LogP contribution in [0.4, 0.5) is 0 Å². The van der Waals surface area contributed by atoms with Crippen molar-refractivity contribution >= 4 is 34.9 Å². The topological polar surface area (TPSA) is 93.6 Å². The maximum Gasteiger partial charge on any atom is 0.309 e. The molecule has 0 amide bonds. The van der Waals surface area contributed by atoms with Gasteiger partial charge in [0.15, 0.2) is 5.78 Å². The van der Waals surface area contributed by atoms with Crippen molar-refractivity contribution in [2.45, 2.75) is 93.3 Å². The van der Waals surface area contributed by atoms with Crippen LogP contribution in [0, 0.1) is 30.1 Å². The van der Waals surface area contributed by atoms with Gasteiger partial charge in [-0.15, -0.1) is 11.3 Å². The molecule has 1 aliphatic heterocycles. The molecular formula is C28H41NO5S. The quantitative estimate of drug-likeness (QED) is 0.519. The van der Waals surface area contributed by atoms with Crippen LogP contribution in [0.1, 0.15) is 84.9 Å². The Hall–Kier alpha value is -2.12. The molecule has 1 aromatic rings. The van der Waals surface area contributed by atoms with Gasteiger partial charge in [0.1, 0.15) is 11.9 Å². The predicted octanol–water partition coefficient (Wildman–Crippen LogP) is 5.72. The summed E-state index contributed by atoms with van der Waals surface area (Å²) in [7, 11) is 0. The third-order valence-corrected chi connectivity index (χ3v) is 8.40. The summed E-state index contributed by atoms with van der Waals surface area (Å²) < 4.78 is 5.72. The molecule has 7 heteroatoms. The third-order valence-electron chi connectivity index (χ3n) is 7.60. The van der Waals surface area contributed by atoms with Gasteiger partial charge in [0.05, 0.1) is 35.1 Å². The standard InChI is InChI=1S/C28H41NO5S/c1-16-10-9-11-17(2)23(30)13-24(18(3)12-22-15-35-21(6)29-22)34-26(32)14-25(31)28(7,8)27(33)20(5)19(16)4/h11-12,15-16,19-20,24-25,31H,9-10,13-14H2,1-8H3/b17-11+,18-12+. The lowest BCUT2D eigenvalue weighted by Crippen LogP contribution is -2.44. The Balaban J connectivity index is 2.39. The molecule has 1 aromatic heterocycles. The van der Waals surface area contributed by atoms with Gasteiger partial charge in [0.2, 0.25) is 0 Å². The summed E-state index contributed by atoms with van der Waals surface area (Å²) >= 11 is 1.52. The molecule has 1 N–H and O–H groups in total. The highest BCUT2D eigenvalue weighted by atomic mass is 32.1. The zero-order valence-corrected chi connectivity index (χ0v) is 23.2. The molecule has 2 heterocycles. The highest BCUT2D eigenvalue weighted by Crippen LogP contribution is 2.34. The molecule has 1 aliphatic rings. The summed E-state index contributed by atoms with van der Waals surface area (Å²) in [5, 5.41) is 13.7. The van der Waals surface area contributed by atoms with E-state index in [1.54, 1.807) is 20.8 Å². The van der Waals surface area contributed by atoms with Crippen LogP contribution in [0.5, 0.6) is 0 Å². The van der Waals surface area contributed by atoms with Crippen molar-refractivity contribution in [2.75, 3.05) is 0 Å². The molecule has 0 fully saturated rings. The van der Waals surface area contributed by atoms with Gasteiger partial charge < -0.3 is 9.84 Å². The number of carbonyl (C=O) groups is 3. The molecule has 5 atom stereocenters. The highest BCUT2D eigenvalue weighted by Gasteiger charge is 2.41. The monoisotopic (exact) mass is 503 g/mol. The second kappa shape index (κ2) is 12.2. The maximum absolute atomic E-state index is 13.3. The van der Waals surface area contributed by atoms with Gasteiger partial charge in [-0.05, 0) is 62.7 Å². The number of aromatic nitrogens is 1. The number of esters is 1. The van der Waals surface area contributed by atoms with Gasteiger partial charge in [-0.1, -0.05) is 40.7 Å². The number of allylic oxidation sites excluding steroid dienone is 2. The van der Waals surface area contributed by atoms with Gasteiger partial charge in [-0.3, -0.25) is 14.4 Å². The van der Waals surface area contributed by atoms with Crippen LogP contribution in [-0.4, -0.2) is 39.8 Å². The number of hydrogen-bond donors (Lipinski definition) is 1. The predicted molar refractivity (Wildman–Crippen MR) is 140 cm³/mol. The van der Waals surface area contributed by atoms with Crippen molar-refractivity contribution in [3.63, 3.8) is 0 Å². The molecule has 0 spiro atoms. The number of aliphatic hydroxyl groups excluding tert-OH is 1. The van der Waals surface area contributed by atoms with Gasteiger partial charge in [0.25, 0.3) is 0 Å². The minimum Gasteiger partial charge on any atom is -0.457 e. The van der Waals surface area contributed by atoms with E-state index in [2.05, 4.69) is 18.8 Å². The van der Waals surface area contributed by atoms with E-state index in [0.717, 1.165) is 23.5 Å². The number of thiazole rings is 1. The summed E-state index contributed by atoms with van der Waals surface area (Å²) in [6, 6.07) is 0. The number of cyclic esters (lactones) is 1. The number of rotatable bonds is 2. The zero-order chi connectivity index (χ0) is 26.5. The number of ether oxygens (including phenoxy) is 1. The van der Waals surface area contributed by atoms with Crippen molar-refractivity contribution in [1.29, 1.82) is 0 Å². The van der Waals surface area contributed by atoms with Crippen LogP contribution in [0.15, 0.2) is 22.6 Å². The average Bonchev–Trinajstić information content (AvgIpc) is 3.20. The fourth-order valence-corrected chi connectivity index (χ4v) is 5.01. The summed E-state index contributed by atoms with van der Waals surface area (Å²) in [6.45, 7) is 15.0. The molecule has 194 valence electrons. The summed E-state index contributed by atoms with van der Waals surface area (Å²) in [6.07, 6.45) is 3.07. The van der Waals surface area contributed by atoms with Gasteiger partial charge >= 0.3 is 5.97 Å². The number of Topliss-reactive ketones (excluding diaryl/α,β-unsaturated/α-hetero) is 2. The van der Waals surface area contributed by atoms with Crippen LogP contribution >= 0.6 is 11.3 Å². The highest BCUT2D eigenvalue weighted by molar-refractivity contribution is 7.09. The second-order valence-corrected chi connectivity index (χ2v) is 11.7. The first kappa shape index (κ1) is 29.1. The second-order valence-electron chi connectivity index (χ2n) is 10.7. The Morgan fingerprint density at radius 1 is 1.17 bits per heavy atom. The molecule has 0 aliphatic carbocycles. The van der Waals surface area contributed by atoms with Crippen LogP contribution in [0.3, 0.4) is 0 Å². The molecule has 0 aromatic carbocycles. The number of carbonyl (C=O) groups excluding carboxylic acids is 3. The minimum absolute atomic E-state index is 0.0148. The Kier molecular flexibility index (Phi) is 10.2. The molecule has 0 saturated heterocycles. The van der Waals surface area contributed by atoms with Crippen LogP contribution in [0.25, 0.3) is 6.08 Å². The minimum atomic E-state index is -1.19. The summed E-state index contributed by atoms with van der Waals surface area (Å²) in [4.78, 5) is 43.6. The van der Waals surface area contributed by atoms with Crippen molar-refractivity contribution in [1.82, 2.24) is 4.98 Å². The van der Waals surface area contributed by atoms with E-state index >= 15 is 0 Å². The van der Waals surface area contributed by atoms with E-state index < -0.39 is 23.6 Å². The Bertz CT molecular complexity index is 989. The molecule has 0 bridgehead atoms. The van der Waals surface area contributed by atoms with E-state index in [4.69, 9.17) is 4.74 Å². The van der Waals surface area contributed by atoms with E-state index in [9.17, 15) is 19.5 Å². The summed E-state index contributed by atoms with van der Waals surface area (Å²) in [5.74, 6) is -0.686. The van der Waals surface area contributed by atoms with Crippen LogP contribution in [0.2, 0.25) is 0 Å². The third kappa shape index (κ3) is 7.68. The molecule has 2 rings (SSSR count). The van der Waals surface area contributed by atoms with Crippen molar-refractivity contribution in [3.05, 3.63) is 33.3 Å². The number of hydrogen-bond acceptors (Lipinski definition) is 7. The first-order valence-electron chi connectivity index (χ1n) is 12.5. The fraction of sp³-hybridized carbons (Fsp3) is 0.643. The Labute approximate surface area is 213 Å². The number of aryl methyl sites for hydroxylation is 1. The first-order chi connectivity index (χ1) is 16.2. The van der Waals surface area contributed by atoms with Crippen LogP contribution in [-0.2, 0) is 19.1 Å². The SMILES string of the molecule is C/C1=C\CCC(C)C(C)C(C)C(=O)C(C)(C)C(O)CC(=O)OC(/C(C)=C/c2csc(C)n2)CC1=O. The van der Waals surface area contributed by atoms with Gasteiger partial charge in [0, 0.05) is 11.3 Å². The van der Waals surface area contributed by atoms with E-state index in [1.807, 2.05) is 38.3 Å². The molecule has 0 radical (unpaired) electrons. The van der Waals surface area contributed by atoms with Crippen molar-refractivity contribution in [2.24, 2.45) is 23.2 Å². The van der Waals surface area contributed by atoms with Crippen molar-refractivity contribution < 1.29 is 24.2 Å². The zero-order valence-electron chi connectivity index (χ0n) is 22.4. The first-order valence-corrected chi connectivity index (χ1v) is 13.3. The van der Waals surface area contributed by atoms with E-state index in [0.29, 0.717) is 11.1 Å². The van der Waals surface area contributed by atoms with Gasteiger partial charge in [-0.25, -0.2) is 4.98 Å². The molecule has 35 heavy (non-hydrogen) atoms. The molecule has 6 nitrogen and oxygen atoms in total. The smallest absolute Gasteiger partial charge is 0.309 e. The lowest BCUT2D eigenvalue weighted by Gasteiger charge is -2.35. The lowest BCUT2D eigenvalue weighted by molar-refractivity contribution is -0.154. The maximum atomic E-state index is 13.3. The largest absolute Gasteiger partial charge is 0.457 e. The van der Waals surface area contributed by atoms with Crippen molar-refractivity contribution in [3.8, 4) is 0 Å². The average molecular weight is 504 g/mol. The van der Waals surface area contributed by atoms with E-state index in [-0.39, 0.29) is 42.2 Å². The Morgan fingerprint density at radius 3 is 2.43 bits per heavy atom. The lowest BCUT2D eigenvalue weighted by atomic mass is 9.70. The molecular weight excluding hydrogens is 462 g/mol. The fourth-order valence-electron chi connectivity index (χ4n) is 4.44. The van der Waals surface area contributed by atoms with Crippen LogP contribution < -0.4 is 0 Å². The number of ketones is 2. The Morgan fingerprint density at radius 2 is 1.83 bits per heavy atom.